The summed E-state index contributed by atoms with van der Waals surface area (Å²) in [5.74, 6) is 0. The van der Waals surface area contributed by atoms with Gasteiger partial charge >= 0.3 is 0 Å². The largest absolute Gasteiger partial charge is 0.0622 e. The molecule has 0 unspecified atom stereocenters. The molecule has 0 saturated carbocycles. The number of benzene rings is 12. The van der Waals surface area contributed by atoms with Gasteiger partial charge in [-0.2, -0.15) is 0 Å². The third kappa shape index (κ3) is 6.99. The van der Waals surface area contributed by atoms with E-state index < -0.39 is 0 Å². The van der Waals surface area contributed by atoms with Gasteiger partial charge in [0.15, 0.2) is 0 Å². The lowest BCUT2D eigenvalue weighted by Crippen LogP contribution is -2.16. The maximum atomic E-state index is 2.55. The van der Waals surface area contributed by atoms with Crippen LogP contribution in [0.2, 0.25) is 0 Å². The lowest BCUT2D eigenvalue weighted by Gasteiger charge is -2.25. The Kier molecular flexibility index (Phi) is 9.63. The third-order valence-corrected chi connectivity index (χ3v) is 14.8. The van der Waals surface area contributed by atoms with Crippen molar-refractivity contribution in [3.05, 3.63) is 266 Å². The summed E-state index contributed by atoms with van der Waals surface area (Å²) >= 11 is 0. The molecule has 0 heteroatoms. The summed E-state index contributed by atoms with van der Waals surface area (Å²) in [5, 5.41) is 7.60. The molecule has 0 amide bonds. The van der Waals surface area contributed by atoms with Crippen molar-refractivity contribution in [3.63, 3.8) is 0 Å². The summed E-state index contributed by atoms with van der Waals surface area (Å²) < 4.78 is 0. The van der Waals surface area contributed by atoms with Crippen LogP contribution < -0.4 is 0 Å². The standard InChI is InChI=1S/C69H48/c1-69(2)67-44-64-59-34-32-53(56-37-54(46-21-10-4-11-22-46)36-55(38-56)47-23-12-5-13-24-47)40-62(59)61-39-52(51-30-18-29-50(35-51)45-19-8-3-9-20-45)31-33-58(61)63(64)43-65(67)66-42-57(48-25-14-6-15-26-48)41-60(68(66)69)49-27-16-7-17-28-49/h3-44H,1-2H3. The zero-order valence-electron chi connectivity index (χ0n) is 38.7. The van der Waals surface area contributed by atoms with Crippen LogP contribution in [0.4, 0.5) is 0 Å². The zero-order chi connectivity index (χ0) is 46.1. The van der Waals surface area contributed by atoms with E-state index in [-0.39, 0.29) is 5.41 Å². The lowest BCUT2D eigenvalue weighted by atomic mass is 9.77. The zero-order valence-corrected chi connectivity index (χ0v) is 38.7. The average molecular weight is 877 g/mol. The first-order valence-corrected chi connectivity index (χ1v) is 24.1. The lowest BCUT2D eigenvalue weighted by molar-refractivity contribution is 0.663. The highest BCUT2D eigenvalue weighted by molar-refractivity contribution is 6.27. The van der Waals surface area contributed by atoms with Crippen LogP contribution in [-0.2, 0) is 5.41 Å². The second kappa shape index (κ2) is 16.3. The molecule has 69 heavy (non-hydrogen) atoms. The van der Waals surface area contributed by atoms with Gasteiger partial charge in [-0.25, -0.2) is 0 Å². The fraction of sp³-hybridized carbons (Fsp3) is 0.0435. The van der Waals surface area contributed by atoms with Crippen LogP contribution in [0.5, 0.6) is 0 Å². The quantitative estimate of drug-likeness (QED) is 0.140. The van der Waals surface area contributed by atoms with E-state index in [0.717, 1.165) is 0 Å². The minimum absolute atomic E-state index is 0.250. The van der Waals surface area contributed by atoms with E-state index in [2.05, 4.69) is 269 Å². The van der Waals surface area contributed by atoms with Crippen molar-refractivity contribution < 1.29 is 0 Å². The van der Waals surface area contributed by atoms with Crippen LogP contribution in [0.3, 0.4) is 0 Å². The van der Waals surface area contributed by atoms with Crippen molar-refractivity contribution in [2.75, 3.05) is 0 Å². The number of hydrogen-bond donors (Lipinski definition) is 0. The van der Waals surface area contributed by atoms with Gasteiger partial charge in [-0.15, -0.1) is 0 Å². The van der Waals surface area contributed by atoms with Crippen LogP contribution >= 0.6 is 0 Å². The van der Waals surface area contributed by atoms with E-state index in [4.69, 9.17) is 0 Å². The number of rotatable bonds is 7. The van der Waals surface area contributed by atoms with Gasteiger partial charge in [0.2, 0.25) is 0 Å². The minimum atomic E-state index is -0.250. The molecule has 0 fully saturated rings. The Morgan fingerprint density at radius 2 is 0.536 bits per heavy atom. The van der Waals surface area contributed by atoms with Crippen molar-refractivity contribution in [2.24, 2.45) is 0 Å². The van der Waals surface area contributed by atoms with E-state index >= 15 is 0 Å². The minimum Gasteiger partial charge on any atom is -0.0622 e. The van der Waals surface area contributed by atoms with E-state index in [0.29, 0.717) is 0 Å². The molecule has 0 N–H and O–H groups in total. The van der Waals surface area contributed by atoms with E-state index in [1.807, 2.05) is 0 Å². The molecular weight excluding hydrogens is 829 g/mol. The Morgan fingerprint density at radius 1 is 0.203 bits per heavy atom. The monoisotopic (exact) mass is 876 g/mol. The summed E-state index contributed by atoms with van der Waals surface area (Å²) in [7, 11) is 0. The van der Waals surface area contributed by atoms with Gasteiger partial charge in [-0.1, -0.05) is 208 Å². The summed E-state index contributed by atoms with van der Waals surface area (Å²) in [6.45, 7) is 4.86. The Balaban J connectivity index is 1.08. The molecule has 0 aliphatic heterocycles. The second-order valence-electron chi connectivity index (χ2n) is 19.2. The molecule has 0 aromatic heterocycles. The van der Waals surface area contributed by atoms with Crippen molar-refractivity contribution in [3.8, 4) is 89.0 Å². The van der Waals surface area contributed by atoms with Crippen LogP contribution in [0.1, 0.15) is 25.0 Å². The van der Waals surface area contributed by atoms with Crippen LogP contribution in [0.25, 0.3) is 121 Å². The van der Waals surface area contributed by atoms with E-state index in [1.165, 1.54) is 132 Å². The summed E-state index contributed by atoms with van der Waals surface area (Å²) in [6, 6.07) is 94.5. The molecule has 0 atom stereocenters. The van der Waals surface area contributed by atoms with Gasteiger partial charge < -0.3 is 0 Å². The van der Waals surface area contributed by atoms with Crippen molar-refractivity contribution >= 4 is 32.3 Å². The van der Waals surface area contributed by atoms with Gasteiger partial charge in [-0.05, 0) is 193 Å². The summed E-state index contributed by atoms with van der Waals surface area (Å²) in [4.78, 5) is 0. The molecule has 0 heterocycles. The number of fused-ring (bicyclic) bond motifs is 9. The molecular formula is C69H48. The molecule has 324 valence electrons. The molecule has 0 radical (unpaired) electrons. The normalized spacial score (nSPS) is 12.6. The highest BCUT2D eigenvalue weighted by Crippen LogP contribution is 2.55. The predicted octanol–water partition coefficient (Wildman–Crippen LogP) is 19.1. The van der Waals surface area contributed by atoms with Gasteiger partial charge in [0.25, 0.3) is 0 Å². The van der Waals surface area contributed by atoms with Gasteiger partial charge in [0.1, 0.15) is 0 Å². The van der Waals surface area contributed by atoms with Crippen molar-refractivity contribution in [1.29, 1.82) is 0 Å². The fourth-order valence-corrected chi connectivity index (χ4v) is 11.4. The molecule has 12 aromatic rings. The van der Waals surface area contributed by atoms with Gasteiger partial charge in [0.05, 0.1) is 0 Å². The first-order valence-electron chi connectivity index (χ1n) is 24.1. The molecule has 12 aromatic carbocycles. The fourth-order valence-electron chi connectivity index (χ4n) is 11.4. The number of hydrogen-bond acceptors (Lipinski definition) is 0. The molecule has 0 spiro atoms. The third-order valence-electron chi connectivity index (χ3n) is 14.8. The second-order valence-corrected chi connectivity index (χ2v) is 19.2. The highest BCUT2D eigenvalue weighted by Gasteiger charge is 2.39. The van der Waals surface area contributed by atoms with E-state index in [1.54, 1.807) is 0 Å². The highest BCUT2D eigenvalue weighted by atomic mass is 14.4. The first kappa shape index (κ1) is 40.7. The smallest absolute Gasteiger partial charge is 0.0165 e. The Bertz CT molecular complexity index is 3860. The van der Waals surface area contributed by atoms with E-state index in [9.17, 15) is 0 Å². The molecule has 0 saturated heterocycles. The molecule has 1 aliphatic carbocycles. The Morgan fingerprint density at radius 3 is 1.04 bits per heavy atom. The summed E-state index contributed by atoms with van der Waals surface area (Å²) in [5.41, 5.74) is 22.2. The van der Waals surface area contributed by atoms with Crippen LogP contribution in [-0.4, -0.2) is 0 Å². The topological polar surface area (TPSA) is 0 Å². The van der Waals surface area contributed by atoms with Crippen molar-refractivity contribution in [2.45, 2.75) is 19.3 Å². The molecule has 0 bridgehead atoms. The Hall–Kier alpha value is -8.58. The maximum Gasteiger partial charge on any atom is 0.0165 e. The first-order chi connectivity index (χ1) is 33.9. The van der Waals surface area contributed by atoms with Crippen LogP contribution in [0, 0.1) is 0 Å². The SMILES string of the molecule is CC1(C)c2cc3c4ccc(-c5cc(-c6ccccc6)cc(-c6ccccc6)c5)cc4c4cc(-c5cccc(-c6ccccc6)c5)ccc4c3cc2-c2cc(-c3ccccc3)cc(-c3ccccc3)c21. The maximum absolute atomic E-state index is 2.55. The van der Waals surface area contributed by atoms with Gasteiger partial charge in [-0.3, -0.25) is 0 Å². The predicted molar refractivity (Wildman–Crippen MR) is 295 cm³/mol. The van der Waals surface area contributed by atoms with Crippen LogP contribution in [0.15, 0.2) is 255 Å². The Labute approximate surface area is 404 Å². The molecule has 0 nitrogen and oxygen atoms in total. The van der Waals surface area contributed by atoms with Gasteiger partial charge in [0, 0.05) is 5.41 Å². The van der Waals surface area contributed by atoms with Crippen molar-refractivity contribution in [1.82, 2.24) is 0 Å². The summed E-state index contributed by atoms with van der Waals surface area (Å²) in [6.07, 6.45) is 0. The molecule has 1 aliphatic rings. The average Bonchev–Trinajstić information content (AvgIpc) is 3.65. The molecule has 13 rings (SSSR count).